The molecule has 1 heteroatoms. The lowest BCUT2D eigenvalue weighted by molar-refractivity contribution is 0.402. The zero-order chi connectivity index (χ0) is 11.6. The second-order valence-electron chi connectivity index (χ2n) is 5.70. The van der Waals surface area contributed by atoms with Crippen LogP contribution in [0.5, 0.6) is 0 Å². The van der Waals surface area contributed by atoms with Gasteiger partial charge in [-0.25, -0.2) is 0 Å². The lowest BCUT2D eigenvalue weighted by Crippen LogP contribution is -2.14. The van der Waals surface area contributed by atoms with Gasteiger partial charge in [0.2, 0.25) is 0 Å². The van der Waals surface area contributed by atoms with Gasteiger partial charge < -0.3 is 4.90 Å². The van der Waals surface area contributed by atoms with E-state index >= 15 is 0 Å². The predicted octanol–water partition coefficient (Wildman–Crippen LogP) is 3.35. The number of nitrogens with zero attached hydrogens (tertiary/aromatic N) is 1. The Morgan fingerprint density at radius 3 is 2.13 bits per heavy atom. The lowest BCUT2D eigenvalue weighted by atomic mass is 9.85. The van der Waals surface area contributed by atoms with Crippen molar-refractivity contribution in [1.82, 2.24) is 4.90 Å². The van der Waals surface area contributed by atoms with Crippen molar-refractivity contribution in [2.45, 2.75) is 39.7 Å². The van der Waals surface area contributed by atoms with Crippen molar-refractivity contribution in [2.75, 3.05) is 14.1 Å². The monoisotopic (exact) mass is 205 g/mol. The van der Waals surface area contributed by atoms with Gasteiger partial charge in [0.05, 0.1) is 0 Å². The van der Waals surface area contributed by atoms with Crippen LogP contribution in [0.4, 0.5) is 0 Å². The van der Waals surface area contributed by atoms with Gasteiger partial charge in [0.15, 0.2) is 0 Å². The second kappa shape index (κ2) is 4.36. The molecule has 0 atom stereocenters. The van der Waals surface area contributed by atoms with E-state index in [1.54, 1.807) is 0 Å². The van der Waals surface area contributed by atoms with Crippen molar-refractivity contribution in [1.29, 1.82) is 0 Å². The molecule has 0 unspecified atom stereocenters. The first-order chi connectivity index (χ1) is 6.79. The Kier molecular flexibility index (Phi) is 3.56. The second-order valence-corrected chi connectivity index (χ2v) is 5.70. The summed E-state index contributed by atoms with van der Waals surface area (Å²) < 4.78 is 0. The molecule has 84 valence electrons. The van der Waals surface area contributed by atoms with Crippen LogP contribution in [0.3, 0.4) is 0 Å². The van der Waals surface area contributed by atoms with Gasteiger partial charge in [0.25, 0.3) is 0 Å². The van der Waals surface area contributed by atoms with Gasteiger partial charge in [-0.3, -0.25) is 0 Å². The zero-order valence-corrected chi connectivity index (χ0v) is 10.9. The molecule has 1 rings (SSSR count). The summed E-state index contributed by atoms with van der Waals surface area (Å²) in [6.07, 6.45) is 0. The smallest absolute Gasteiger partial charge is 0.0227 e. The Balaban J connectivity index is 3.06. The van der Waals surface area contributed by atoms with E-state index in [1.807, 2.05) is 0 Å². The summed E-state index contributed by atoms with van der Waals surface area (Å²) in [5.41, 5.74) is 4.44. The van der Waals surface area contributed by atoms with Crippen molar-refractivity contribution < 1.29 is 0 Å². The standard InChI is InChI=1S/C14H23N/c1-11-7-12(10-15(5)6)9-13(8-11)14(2,3)4/h7-9H,10H2,1-6H3. The first-order valence-corrected chi connectivity index (χ1v) is 5.55. The van der Waals surface area contributed by atoms with Crippen LogP contribution in [0.25, 0.3) is 0 Å². The molecule has 0 saturated heterocycles. The number of benzene rings is 1. The summed E-state index contributed by atoms with van der Waals surface area (Å²) in [5.74, 6) is 0. The third-order valence-electron chi connectivity index (χ3n) is 2.50. The van der Waals surface area contributed by atoms with Crippen LogP contribution in [0, 0.1) is 6.92 Å². The highest BCUT2D eigenvalue weighted by molar-refractivity contribution is 5.33. The van der Waals surface area contributed by atoms with Gasteiger partial charge in [0.1, 0.15) is 0 Å². The molecule has 1 aromatic carbocycles. The molecule has 1 nitrogen and oxygen atoms in total. The minimum absolute atomic E-state index is 0.243. The van der Waals surface area contributed by atoms with E-state index in [0.717, 1.165) is 6.54 Å². The summed E-state index contributed by atoms with van der Waals surface area (Å²) >= 11 is 0. The van der Waals surface area contributed by atoms with Crippen molar-refractivity contribution in [3.8, 4) is 0 Å². The largest absolute Gasteiger partial charge is 0.305 e. The quantitative estimate of drug-likeness (QED) is 0.715. The molecule has 0 N–H and O–H groups in total. The van der Waals surface area contributed by atoms with Gasteiger partial charge in [-0.05, 0) is 37.6 Å². The molecule has 0 radical (unpaired) electrons. The molecule has 0 aliphatic heterocycles. The highest BCUT2D eigenvalue weighted by Crippen LogP contribution is 2.24. The topological polar surface area (TPSA) is 3.24 Å². The third-order valence-corrected chi connectivity index (χ3v) is 2.50. The molecule has 0 aromatic heterocycles. The maximum Gasteiger partial charge on any atom is 0.0227 e. The number of aryl methyl sites for hydroxylation is 1. The van der Waals surface area contributed by atoms with E-state index in [9.17, 15) is 0 Å². The minimum atomic E-state index is 0.243. The van der Waals surface area contributed by atoms with Crippen LogP contribution in [-0.2, 0) is 12.0 Å². The molecule has 0 bridgehead atoms. The minimum Gasteiger partial charge on any atom is -0.305 e. The maximum atomic E-state index is 2.33. The van der Waals surface area contributed by atoms with Gasteiger partial charge in [-0.15, -0.1) is 0 Å². The molecule has 15 heavy (non-hydrogen) atoms. The van der Waals surface area contributed by atoms with E-state index in [2.05, 4.69) is 64.9 Å². The van der Waals surface area contributed by atoms with Crippen LogP contribution < -0.4 is 0 Å². The summed E-state index contributed by atoms with van der Waals surface area (Å²) in [5, 5.41) is 0. The van der Waals surface area contributed by atoms with E-state index in [-0.39, 0.29) is 5.41 Å². The third kappa shape index (κ3) is 3.67. The number of hydrogen-bond donors (Lipinski definition) is 0. The molecule has 0 spiro atoms. The molecule has 0 heterocycles. The molecular weight excluding hydrogens is 182 g/mol. The van der Waals surface area contributed by atoms with E-state index in [0.29, 0.717) is 0 Å². The molecular formula is C14H23N. The lowest BCUT2D eigenvalue weighted by Gasteiger charge is -2.21. The van der Waals surface area contributed by atoms with Crippen molar-refractivity contribution in [3.63, 3.8) is 0 Å². The molecule has 1 aromatic rings. The van der Waals surface area contributed by atoms with Gasteiger partial charge in [-0.1, -0.05) is 44.5 Å². The fourth-order valence-electron chi connectivity index (χ4n) is 1.75. The molecule has 0 aliphatic rings. The van der Waals surface area contributed by atoms with Crippen molar-refractivity contribution in [2.24, 2.45) is 0 Å². The van der Waals surface area contributed by atoms with Crippen LogP contribution in [0.15, 0.2) is 18.2 Å². The Labute approximate surface area is 94.1 Å². The van der Waals surface area contributed by atoms with E-state index < -0.39 is 0 Å². The Bertz CT molecular complexity index is 332. The highest BCUT2D eigenvalue weighted by Gasteiger charge is 2.14. The summed E-state index contributed by atoms with van der Waals surface area (Å²) in [4.78, 5) is 2.21. The fourth-order valence-corrected chi connectivity index (χ4v) is 1.75. The average molecular weight is 205 g/mol. The van der Waals surface area contributed by atoms with Crippen LogP contribution in [0.1, 0.15) is 37.5 Å². The molecule has 0 saturated carbocycles. The van der Waals surface area contributed by atoms with E-state index in [4.69, 9.17) is 0 Å². The van der Waals surface area contributed by atoms with E-state index in [1.165, 1.54) is 16.7 Å². The van der Waals surface area contributed by atoms with Gasteiger partial charge >= 0.3 is 0 Å². The van der Waals surface area contributed by atoms with Crippen LogP contribution in [0.2, 0.25) is 0 Å². The van der Waals surface area contributed by atoms with Crippen LogP contribution in [-0.4, -0.2) is 19.0 Å². The number of hydrogen-bond acceptors (Lipinski definition) is 1. The van der Waals surface area contributed by atoms with Crippen molar-refractivity contribution >= 4 is 0 Å². The predicted molar refractivity (Wildman–Crippen MR) is 67.3 cm³/mol. The molecule has 0 amide bonds. The summed E-state index contributed by atoms with van der Waals surface area (Å²) in [7, 11) is 4.22. The maximum absolute atomic E-state index is 2.33. The molecule has 0 fully saturated rings. The number of rotatable bonds is 2. The van der Waals surface area contributed by atoms with Crippen molar-refractivity contribution in [3.05, 3.63) is 34.9 Å². The summed E-state index contributed by atoms with van der Waals surface area (Å²) in [6, 6.07) is 6.89. The zero-order valence-electron chi connectivity index (χ0n) is 10.9. The Morgan fingerprint density at radius 2 is 1.67 bits per heavy atom. The van der Waals surface area contributed by atoms with Gasteiger partial charge in [0, 0.05) is 6.54 Å². The SMILES string of the molecule is Cc1cc(CN(C)C)cc(C(C)(C)C)c1. The molecule has 0 aliphatic carbocycles. The van der Waals surface area contributed by atoms with Gasteiger partial charge in [-0.2, -0.15) is 0 Å². The first-order valence-electron chi connectivity index (χ1n) is 5.55. The fraction of sp³-hybridized carbons (Fsp3) is 0.571. The Morgan fingerprint density at radius 1 is 1.07 bits per heavy atom. The Hall–Kier alpha value is -0.820. The average Bonchev–Trinajstić information content (AvgIpc) is 1.99. The highest BCUT2D eigenvalue weighted by atomic mass is 15.0. The summed E-state index contributed by atoms with van der Waals surface area (Å²) in [6.45, 7) is 9.99. The normalized spacial score (nSPS) is 12.2. The van der Waals surface area contributed by atoms with Crippen LogP contribution >= 0.6 is 0 Å². The first kappa shape index (κ1) is 12.3.